The Bertz CT molecular complexity index is 988. The maximum Gasteiger partial charge on any atom is 0.131 e. The summed E-state index contributed by atoms with van der Waals surface area (Å²) in [6.45, 7) is 4.79. The Balaban J connectivity index is 1.86. The molecule has 1 aromatic carbocycles. The number of aromatic nitrogens is 4. The first-order valence-electron chi connectivity index (χ1n) is 8.68. The molecule has 5 nitrogen and oxygen atoms in total. The molecule has 0 radical (unpaired) electrons. The van der Waals surface area contributed by atoms with Gasteiger partial charge in [0.25, 0.3) is 0 Å². The molecule has 4 rings (SSSR count). The van der Waals surface area contributed by atoms with Gasteiger partial charge in [-0.2, -0.15) is 0 Å². The smallest absolute Gasteiger partial charge is 0.131 e. The fourth-order valence-electron chi connectivity index (χ4n) is 2.93. The third kappa shape index (κ3) is 3.16. The Hall–Kier alpha value is -3.21. The van der Waals surface area contributed by atoms with E-state index in [1.54, 1.807) is 6.26 Å². The molecule has 0 N–H and O–H groups in total. The Morgan fingerprint density at radius 3 is 2.58 bits per heavy atom. The Morgan fingerprint density at radius 1 is 1.00 bits per heavy atom. The highest BCUT2D eigenvalue weighted by Crippen LogP contribution is 2.31. The first kappa shape index (κ1) is 16.3. The highest BCUT2D eigenvalue weighted by molar-refractivity contribution is 5.76. The van der Waals surface area contributed by atoms with Gasteiger partial charge >= 0.3 is 0 Å². The molecule has 0 saturated heterocycles. The van der Waals surface area contributed by atoms with Gasteiger partial charge in [-0.25, -0.2) is 15.0 Å². The van der Waals surface area contributed by atoms with Crippen molar-refractivity contribution in [3.63, 3.8) is 0 Å². The quantitative estimate of drug-likeness (QED) is 0.523. The van der Waals surface area contributed by atoms with Gasteiger partial charge in [-0.1, -0.05) is 44.2 Å². The summed E-state index contributed by atoms with van der Waals surface area (Å²) in [5.41, 5.74) is 3.81. The van der Waals surface area contributed by atoms with Crippen molar-refractivity contribution < 1.29 is 4.42 Å². The summed E-state index contributed by atoms with van der Waals surface area (Å²) in [7, 11) is 0. The number of benzene rings is 1. The van der Waals surface area contributed by atoms with Gasteiger partial charge in [0, 0.05) is 17.7 Å². The standard InChI is InChI=1S/C21H20N4O/c1-15(2)21-22-11-10-18(24-21)20-19(16-7-4-3-5-8-16)23-14-25(20)13-17-9-6-12-26-17/h3-12,14-15H,13H2,1-2H3. The van der Waals surface area contributed by atoms with Gasteiger partial charge in [0.1, 0.15) is 11.6 Å². The van der Waals surface area contributed by atoms with Crippen LogP contribution in [0.1, 0.15) is 31.4 Å². The first-order valence-corrected chi connectivity index (χ1v) is 8.68. The molecular formula is C21H20N4O. The second-order valence-corrected chi connectivity index (χ2v) is 6.47. The van der Waals surface area contributed by atoms with Gasteiger partial charge in [-0.3, -0.25) is 0 Å². The second-order valence-electron chi connectivity index (χ2n) is 6.47. The van der Waals surface area contributed by atoms with Gasteiger partial charge in [0.15, 0.2) is 0 Å². The Morgan fingerprint density at radius 2 is 1.85 bits per heavy atom. The minimum Gasteiger partial charge on any atom is -0.467 e. The zero-order valence-corrected chi connectivity index (χ0v) is 14.8. The van der Waals surface area contributed by atoms with Gasteiger partial charge in [0.2, 0.25) is 0 Å². The summed E-state index contributed by atoms with van der Waals surface area (Å²) < 4.78 is 7.60. The zero-order chi connectivity index (χ0) is 17.9. The van der Waals surface area contributed by atoms with E-state index in [1.807, 2.05) is 48.9 Å². The zero-order valence-electron chi connectivity index (χ0n) is 14.8. The lowest BCUT2D eigenvalue weighted by Crippen LogP contribution is -2.04. The fourth-order valence-corrected chi connectivity index (χ4v) is 2.93. The van der Waals surface area contributed by atoms with E-state index in [-0.39, 0.29) is 5.92 Å². The summed E-state index contributed by atoms with van der Waals surface area (Å²) in [5.74, 6) is 1.96. The molecular weight excluding hydrogens is 324 g/mol. The Kier molecular flexibility index (Phi) is 4.35. The van der Waals surface area contributed by atoms with E-state index in [0.717, 1.165) is 34.2 Å². The van der Waals surface area contributed by atoms with Crippen LogP contribution in [0.3, 0.4) is 0 Å². The predicted octanol–water partition coefficient (Wildman–Crippen LogP) is 4.77. The van der Waals surface area contributed by atoms with E-state index in [2.05, 4.69) is 40.5 Å². The molecule has 5 heteroatoms. The topological polar surface area (TPSA) is 56.7 Å². The highest BCUT2D eigenvalue weighted by atomic mass is 16.3. The van der Waals surface area contributed by atoms with Crippen LogP contribution < -0.4 is 0 Å². The van der Waals surface area contributed by atoms with Crippen LogP contribution in [0.4, 0.5) is 0 Å². The van der Waals surface area contributed by atoms with Crippen LogP contribution in [0, 0.1) is 0 Å². The van der Waals surface area contributed by atoms with Crippen molar-refractivity contribution in [2.45, 2.75) is 26.3 Å². The average Bonchev–Trinajstić information content (AvgIpc) is 3.33. The predicted molar refractivity (Wildman–Crippen MR) is 101 cm³/mol. The molecule has 0 saturated carbocycles. The minimum absolute atomic E-state index is 0.261. The highest BCUT2D eigenvalue weighted by Gasteiger charge is 2.18. The molecule has 0 aliphatic rings. The van der Waals surface area contributed by atoms with E-state index >= 15 is 0 Å². The summed E-state index contributed by atoms with van der Waals surface area (Å²) in [6.07, 6.45) is 5.35. The van der Waals surface area contributed by atoms with Crippen LogP contribution in [-0.2, 0) is 6.54 Å². The molecule has 130 valence electrons. The maximum absolute atomic E-state index is 5.52. The van der Waals surface area contributed by atoms with Crippen LogP contribution in [0.25, 0.3) is 22.6 Å². The van der Waals surface area contributed by atoms with Crippen molar-refractivity contribution in [2.75, 3.05) is 0 Å². The van der Waals surface area contributed by atoms with E-state index < -0.39 is 0 Å². The summed E-state index contributed by atoms with van der Waals surface area (Å²) >= 11 is 0. The molecule has 3 aromatic heterocycles. The Labute approximate surface area is 152 Å². The van der Waals surface area contributed by atoms with Crippen molar-refractivity contribution >= 4 is 0 Å². The van der Waals surface area contributed by atoms with E-state index in [4.69, 9.17) is 9.40 Å². The van der Waals surface area contributed by atoms with E-state index in [0.29, 0.717) is 6.54 Å². The molecule has 0 aliphatic carbocycles. The average molecular weight is 344 g/mol. The van der Waals surface area contributed by atoms with Crippen molar-refractivity contribution in [1.82, 2.24) is 19.5 Å². The molecule has 0 aliphatic heterocycles. The number of hydrogen-bond acceptors (Lipinski definition) is 4. The van der Waals surface area contributed by atoms with Gasteiger partial charge in [-0.15, -0.1) is 0 Å². The molecule has 0 unspecified atom stereocenters. The normalized spacial score (nSPS) is 11.2. The largest absolute Gasteiger partial charge is 0.467 e. The summed E-state index contributed by atoms with van der Waals surface area (Å²) in [5, 5.41) is 0. The minimum atomic E-state index is 0.261. The van der Waals surface area contributed by atoms with Gasteiger partial charge in [0.05, 0.1) is 36.2 Å². The number of rotatable bonds is 5. The second kappa shape index (κ2) is 6.96. The molecule has 0 spiro atoms. The molecule has 26 heavy (non-hydrogen) atoms. The molecule has 0 atom stereocenters. The first-order chi connectivity index (χ1) is 12.7. The van der Waals surface area contributed by atoms with Crippen LogP contribution in [0.2, 0.25) is 0 Å². The van der Waals surface area contributed by atoms with Crippen LogP contribution in [0.5, 0.6) is 0 Å². The lowest BCUT2D eigenvalue weighted by atomic mass is 10.1. The number of furan rings is 1. The monoisotopic (exact) mass is 344 g/mol. The SMILES string of the molecule is CC(C)c1nccc(-c2c(-c3ccccc3)ncn2Cc2ccco2)n1. The van der Waals surface area contributed by atoms with Crippen LogP contribution in [-0.4, -0.2) is 19.5 Å². The fraction of sp³-hybridized carbons (Fsp3) is 0.190. The summed E-state index contributed by atoms with van der Waals surface area (Å²) in [4.78, 5) is 13.9. The molecule has 0 bridgehead atoms. The van der Waals surface area contributed by atoms with Crippen molar-refractivity contribution in [3.8, 4) is 22.6 Å². The van der Waals surface area contributed by atoms with E-state index in [9.17, 15) is 0 Å². The van der Waals surface area contributed by atoms with Gasteiger partial charge < -0.3 is 8.98 Å². The lowest BCUT2D eigenvalue weighted by Gasteiger charge is -2.11. The molecule has 4 aromatic rings. The van der Waals surface area contributed by atoms with Crippen molar-refractivity contribution in [2.24, 2.45) is 0 Å². The van der Waals surface area contributed by atoms with Crippen molar-refractivity contribution in [1.29, 1.82) is 0 Å². The molecule has 3 heterocycles. The van der Waals surface area contributed by atoms with Crippen LogP contribution in [0.15, 0.2) is 71.7 Å². The van der Waals surface area contributed by atoms with Gasteiger partial charge in [-0.05, 0) is 18.2 Å². The summed E-state index contributed by atoms with van der Waals surface area (Å²) in [6, 6.07) is 16.0. The molecule has 0 amide bonds. The number of imidazole rings is 1. The van der Waals surface area contributed by atoms with E-state index in [1.165, 1.54) is 0 Å². The maximum atomic E-state index is 5.52. The number of hydrogen-bond donors (Lipinski definition) is 0. The third-order valence-electron chi connectivity index (χ3n) is 4.22. The number of nitrogens with zero attached hydrogens (tertiary/aromatic N) is 4. The molecule has 0 fully saturated rings. The third-order valence-corrected chi connectivity index (χ3v) is 4.22. The van der Waals surface area contributed by atoms with Crippen LogP contribution >= 0.6 is 0 Å². The lowest BCUT2D eigenvalue weighted by molar-refractivity contribution is 0.494. The van der Waals surface area contributed by atoms with Crippen molar-refractivity contribution in [3.05, 3.63) is 78.9 Å².